The molecule has 1 aromatic carbocycles. The van der Waals surface area contributed by atoms with E-state index in [-0.39, 0.29) is 36.7 Å². The Morgan fingerprint density at radius 2 is 1.82 bits per heavy atom. The van der Waals surface area contributed by atoms with Gasteiger partial charge in [0.25, 0.3) is 5.69 Å². The maximum atomic E-state index is 13.2. The van der Waals surface area contributed by atoms with Crippen molar-refractivity contribution < 1.29 is 33.5 Å². The maximum Gasteiger partial charge on any atom is 0.336 e. The molecule has 1 fully saturated rings. The molecule has 10 heteroatoms. The fourth-order valence-electron chi connectivity index (χ4n) is 3.99. The lowest BCUT2D eigenvalue weighted by molar-refractivity contribution is -0.384. The van der Waals surface area contributed by atoms with E-state index in [1.54, 1.807) is 40.7 Å². The highest BCUT2D eigenvalue weighted by molar-refractivity contribution is 6.00. The van der Waals surface area contributed by atoms with Crippen LogP contribution in [0.3, 0.4) is 0 Å². The van der Waals surface area contributed by atoms with Crippen LogP contribution in [0.1, 0.15) is 46.1 Å². The van der Waals surface area contributed by atoms with Gasteiger partial charge >= 0.3 is 11.9 Å². The van der Waals surface area contributed by atoms with Gasteiger partial charge in [0.1, 0.15) is 12.7 Å². The quantitative estimate of drug-likeness (QED) is 0.371. The third-order valence-electron chi connectivity index (χ3n) is 5.36. The van der Waals surface area contributed by atoms with Crippen LogP contribution < -0.4 is 5.32 Å². The van der Waals surface area contributed by atoms with E-state index in [2.05, 4.69) is 5.32 Å². The van der Waals surface area contributed by atoms with Gasteiger partial charge in [-0.15, -0.1) is 0 Å². The predicted molar refractivity (Wildman–Crippen MR) is 117 cm³/mol. The van der Waals surface area contributed by atoms with Crippen molar-refractivity contribution in [3.63, 3.8) is 0 Å². The molecule has 2 heterocycles. The molecule has 3 rings (SSSR count). The molecule has 1 saturated heterocycles. The topological polar surface area (TPSA) is 126 Å². The van der Waals surface area contributed by atoms with Gasteiger partial charge in [0.15, 0.2) is 5.79 Å². The number of non-ortho nitro benzene ring substituents is 1. The average Bonchev–Trinajstić information content (AvgIpc) is 3.10. The van der Waals surface area contributed by atoms with Crippen LogP contribution in [0.2, 0.25) is 0 Å². The summed E-state index contributed by atoms with van der Waals surface area (Å²) in [4.78, 5) is 36.9. The van der Waals surface area contributed by atoms with Gasteiger partial charge in [0, 0.05) is 23.5 Å². The number of ether oxygens (including phenoxy) is 4. The normalized spacial score (nSPS) is 22.1. The Morgan fingerprint density at radius 1 is 1.18 bits per heavy atom. The molecule has 0 bridgehead atoms. The Bertz CT molecular complexity index is 1030. The minimum absolute atomic E-state index is 0.0435. The molecular weight excluding hydrogens is 432 g/mol. The van der Waals surface area contributed by atoms with Crippen LogP contribution in [-0.2, 0) is 28.5 Å². The van der Waals surface area contributed by atoms with Gasteiger partial charge in [-0.25, -0.2) is 9.59 Å². The molecule has 1 aromatic rings. The lowest BCUT2D eigenvalue weighted by atomic mass is 9.80. The number of hydrogen-bond acceptors (Lipinski definition) is 9. The molecule has 10 nitrogen and oxygen atoms in total. The van der Waals surface area contributed by atoms with E-state index in [9.17, 15) is 19.7 Å². The van der Waals surface area contributed by atoms with E-state index >= 15 is 0 Å². The number of nitrogens with zero attached hydrogens (tertiary/aromatic N) is 1. The molecule has 0 saturated carbocycles. The summed E-state index contributed by atoms with van der Waals surface area (Å²) < 4.78 is 21.9. The number of nitro benzene ring substituents is 1. The lowest BCUT2D eigenvalue weighted by Gasteiger charge is -2.30. The Balaban J connectivity index is 1.98. The van der Waals surface area contributed by atoms with Gasteiger partial charge in [0.2, 0.25) is 0 Å². The predicted octanol–water partition coefficient (Wildman–Crippen LogP) is 3.09. The van der Waals surface area contributed by atoms with Gasteiger partial charge in [-0.05, 0) is 40.2 Å². The Hall–Kier alpha value is -3.24. The summed E-state index contributed by atoms with van der Waals surface area (Å²) in [6.07, 6.45) is -0.431. The summed E-state index contributed by atoms with van der Waals surface area (Å²) in [6, 6.07) is 5.84. The fraction of sp³-hybridized carbons (Fsp3) is 0.478. The lowest BCUT2D eigenvalue weighted by Crippen LogP contribution is -2.33. The van der Waals surface area contributed by atoms with Crippen molar-refractivity contribution in [3.05, 3.63) is 62.5 Å². The molecular formula is C23H28N2O8. The van der Waals surface area contributed by atoms with Crippen molar-refractivity contribution in [2.75, 3.05) is 19.8 Å². The molecule has 0 aromatic heterocycles. The number of benzene rings is 1. The van der Waals surface area contributed by atoms with Crippen LogP contribution >= 0.6 is 0 Å². The minimum Gasteiger partial charge on any atom is -0.463 e. The second-order valence-corrected chi connectivity index (χ2v) is 8.26. The summed E-state index contributed by atoms with van der Waals surface area (Å²) in [5, 5.41) is 14.4. The van der Waals surface area contributed by atoms with Gasteiger partial charge < -0.3 is 24.3 Å². The molecule has 2 atom stereocenters. The van der Waals surface area contributed by atoms with Crippen molar-refractivity contribution in [2.24, 2.45) is 0 Å². The first-order valence-corrected chi connectivity index (χ1v) is 10.6. The second kappa shape index (κ2) is 9.72. The van der Waals surface area contributed by atoms with Gasteiger partial charge in [-0.3, -0.25) is 10.1 Å². The molecule has 0 amide bonds. The zero-order valence-electron chi connectivity index (χ0n) is 19.3. The molecule has 0 spiro atoms. The molecule has 2 aliphatic rings. The number of carbonyl (C=O) groups is 2. The Morgan fingerprint density at radius 3 is 2.36 bits per heavy atom. The summed E-state index contributed by atoms with van der Waals surface area (Å²) in [6.45, 7) is 8.95. The maximum absolute atomic E-state index is 13.2. The third-order valence-corrected chi connectivity index (χ3v) is 5.36. The van der Waals surface area contributed by atoms with Crippen molar-refractivity contribution in [2.45, 2.75) is 52.4 Å². The largest absolute Gasteiger partial charge is 0.463 e. The standard InChI is InChI=1S/C23H28N2O8/c1-6-30-21(26)18-13(2)24-14(3)19(20(18)15-8-7-9-16(10-15)25(28)29)22(27)31-11-17-12-32-23(4,5)33-17/h7-10,17,20,24H,6,11-12H2,1-5H3. The third kappa shape index (κ3) is 5.40. The van der Waals surface area contributed by atoms with Crippen LogP contribution in [0.4, 0.5) is 5.69 Å². The fourth-order valence-corrected chi connectivity index (χ4v) is 3.99. The highest BCUT2D eigenvalue weighted by atomic mass is 16.7. The number of allylic oxidation sites excluding steroid dienone is 2. The number of hydrogen-bond donors (Lipinski definition) is 1. The van der Waals surface area contributed by atoms with Crippen LogP contribution in [0.15, 0.2) is 46.8 Å². The van der Waals surface area contributed by atoms with Crippen LogP contribution in [-0.4, -0.2) is 48.6 Å². The molecule has 33 heavy (non-hydrogen) atoms. The number of carbonyl (C=O) groups excluding carboxylic acids is 2. The summed E-state index contributed by atoms with van der Waals surface area (Å²) in [5.74, 6) is -2.96. The van der Waals surface area contributed by atoms with Crippen molar-refractivity contribution in [1.82, 2.24) is 5.32 Å². The van der Waals surface area contributed by atoms with Gasteiger partial charge in [0.05, 0.1) is 35.2 Å². The van der Waals surface area contributed by atoms with E-state index in [1.165, 1.54) is 18.2 Å². The van der Waals surface area contributed by atoms with Gasteiger partial charge in [-0.2, -0.15) is 0 Å². The highest BCUT2D eigenvalue weighted by Crippen LogP contribution is 2.40. The SMILES string of the molecule is CCOC(=O)C1=C(C)NC(C)=C(C(=O)OCC2COC(C)(C)O2)C1c1cccc([N+](=O)[O-])c1. The zero-order valence-corrected chi connectivity index (χ0v) is 19.3. The monoisotopic (exact) mass is 460 g/mol. The smallest absolute Gasteiger partial charge is 0.336 e. The molecule has 0 aliphatic carbocycles. The first kappa shape index (κ1) is 24.4. The molecule has 1 N–H and O–H groups in total. The molecule has 0 radical (unpaired) electrons. The minimum atomic E-state index is -0.908. The zero-order chi connectivity index (χ0) is 24.3. The molecule has 2 unspecified atom stereocenters. The Kier molecular flexibility index (Phi) is 7.19. The first-order chi connectivity index (χ1) is 15.5. The van der Waals surface area contributed by atoms with E-state index in [0.717, 1.165) is 0 Å². The number of esters is 2. The number of nitrogens with one attached hydrogen (secondary N) is 1. The average molecular weight is 460 g/mol. The number of dihydropyridines is 1. The van der Waals surface area contributed by atoms with Gasteiger partial charge in [-0.1, -0.05) is 12.1 Å². The van der Waals surface area contributed by atoms with Crippen LogP contribution in [0, 0.1) is 10.1 Å². The molecule has 178 valence electrons. The summed E-state index contributed by atoms with van der Waals surface area (Å²) in [7, 11) is 0. The van der Waals surface area contributed by atoms with Crippen molar-refractivity contribution in [3.8, 4) is 0 Å². The first-order valence-electron chi connectivity index (χ1n) is 10.6. The second-order valence-electron chi connectivity index (χ2n) is 8.26. The highest BCUT2D eigenvalue weighted by Gasteiger charge is 2.39. The van der Waals surface area contributed by atoms with Crippen molar-refractivity contribution >= 4 is 17.6 Å². The summed E-state index contributed by atoms with van der Waals surface area (Å²) >= 11 is 0. The van der Waals surface area contributed by atoms with E-state index in [1.807, 2.05) is 0 Å². The Labute approximate surface area is 191 Å². The van der Waals surface area contributed by atoms with E-state index < -0.39 is 34.7 Å². The van der Waals surface area contributed by atoms with E-state index in [0.29, 0.717) is 17.0 Å². The van der Waals surface area contributed by atoms with Crippen molar-refractivity contribution in [1.29, 1.82) is 0 Å². The number of nitro groups is 1. The number of rotatable bonds is 7. The summed E-state index contributed by atoms with van der Waals surface area (Å²) in [5.41, 5.74) is 1.58. The molecule has 2 aliphatic heterocycles. The van der Waals surface area contributed by atoms with E-state index in [4.69, 9.17) is 18.9 Å². The van der Waals surface area contributed by atoms with Crippen LogP contribution in [0.5, 0.6) is 0 Å². The van der Waals surface area contributed by atoms with Crippen LogP contribution in [0.25, 0.3) is 0 Å².